The van der Waals surface area contributed by atoms with Gasteiger partial charge in [-0.05, 0) is 0 Å². The van der Waals surface area contributed by atoms with E-state index in [0.717, 1.165) is 0 Å². The van der Waals surface area contributed by atoms with Gasteiger partial charge in [0.1, 0.15) is 0 Å². The summed E-state index contributed by atoms with van der Waals surface area (Å²) in [4.78, 5) is 10.2. The quantitative estimate of drug-likeness (QED) is 0.650. The Kier molecular flexibility index (Phi) is 2.68. The first-order valence-corrected chi connectivity index (χ1v) is 7.00. The van der Waals surface area contributed by atoms with E-state index in [1.54, 1.807) is 0 Å². The van der Waals surface area contributed by atoms with Gasteiger partial charge in [0.15, 0.2) is 24.8 Å². The lowest BCUT2D eigenvalue weighted by molar-refractivity contribution is -0.118. The number of rotatable bonds is 2. The van der Waals surface area contributed by atoms with Crippen LogP contribution in [-0.4, -0.2) is 34.4 Å². The average molecular weight is 239 g/mol. The third kappa shape index (κ3) is 2.55. The van der Waals surface area contributed by atoms with Crippen LogP contribution in [-0.2, 0) is 24.5 Å². The van der Waals surface area contributed by atoms with E-state index < -0.39 is 30.7 Å². The molecule has 1 N–H and O–H groups in total. The first-order valence-electron chi connectivity index (χ1n) is 3.63. The lowest BCUT2D eigenvalue weighted by Gasteiger charge is -2.00. The van der Waals surface area contributed by atoms with Crippen molar-refractivity contribution in [2.45, 2.75) is 6.92 Å². The van der Waals surface area contributed by atoms with Gasteiger partial charge in [0.05, 0.1) is 11.4 Å². The summed E-state index contributed by atoms with van der Waals surface area (Å²) < 4.78 is 44.2. The third-order valence-corrected chi connectivity index (χ3v) is 5.95. The monoisotopic (exact) mass is 239 g/mol. The Morgan fingerprint density at radius 3 is 2.36 bits per heavy atom. The minimum atomic E-state index is -3.73. The number of carbonyl (C=O) groups excluding carboxylic acids is 1. The van der Waals surface area contributed by atoms with Gasteiger partial charge in [-0.3, -0.25) is 4.79 Å². The van der Waals surface area contributed by atoms with E-state index in [1.165, 1.54) is 6.92 Å². The van der Waals surface area contributed by atoms with Gasteiger partial charge >= 0.3 is 0 Å². The molecular weight excluding hydrogens is 230 g/mol. The standard InChI is InChI=1S/C6H9NO5S2/c1-5(8)7-2-6-3-13(9,10)4-14(6,11)12/h3H,2,4H2,1H3,(H,7,8). The Hall–Kier alpha value is -0.890. The molecule has 1 aliphatic rings. The summed E-state index contributed by atoms with van der Waals surface area (Å²) in [5, 5.41) is 2.03. The molecule has 0 aliphatic carbocycles. The summed E-state index contributed by atoms with van der Waals surface area (Å²) in [6.45, 7) is 0.952. The highest BCUT2D eigenvalue weighted by Gasteiger charge is 2.33. The second-order valence-corrected chi connectivity index (χ2v) is 7.15. The number of hydrogen-bond acceptors (Lipinski definition) is 5. The second-order valence-electron chi connectivity index (χ2n) is 2.89. The molecule has 0 radical (unpaired) electrons. The molecule has 0 saturated heterocycles. The lowest BCUT2D eigenvalue weighted by Crippen LogP contribution is -2.24. The topological polar surface area (TPSA) is 97.4 Å². The van der Waals surface area contributed by atoms with Crippen LogP contribution in [0.2, 0.25) is 0 Å². The van der Waals surface area contributed by atoms with E-state index in [1.807, 2.05) is 0 Å². The smallest absolute Gasteiger partial charge is 0.217 e. The van der Waals surface area contributed by atoms with Crippen LogP contribution in [0.3, 0.4) is 0 Å². The summed E-state index contributed by atoms with van der Waals surface area (Å²) in [6.07, 6.45) is 0. The van der Waals surface area contributed by atoms with Crippen LogP contribution in [0.25, 0.3) is 0 Å². The SMILES string of the molecule is CC(=O)NCC1=CS(=O)(=O)CS1(=O)=O. The molecular formula is C6H9NO5S2. The summed E-state index contributed by atoms with van der Waals surface area (Å²) >= 11 is 0. The molecule has 0 atom stereocenters. The molecule has 1 aliphatic heterocycles. The van der Waals surface area contributed by atoms with E-state index in [-0.39, 0.29) is 11.4 Å². The molecule has 0 bridgehead atoms. The predicted molar refractivity (Wildman–Crippen MR) is 49.5 cm³/mol. The Labute approximate surface area is 81.8 Å². The van der Waals surface area contributed by atoms with Crippen molar-refractivity contribution in [3.63, 3.8) is 0 Å². The van der Waals surface area contributed by atoms with Crippen molar-refractivity contribution in [1.29, 1.82) is 0 Å². The fourth-order valence-corrected chi connectivity index (χ4v) is 5.37. The van der Waals surface area contributed by atoms with Gasteiger partial charge < -0.3 is 5.32 Å². The van der Waals surface area contributed by atoms with Crippen molar-refractivity contribution in [2.24, 2.45) is 0 Å². The first-order chi connectivity index (χ1) is 6.23. The van der Waals surface area contributed by atoms with Gasteiger partial charge in [-0.25, -0.2) is 16.8 Å². The molecule has 14 heavy (non-hydrogen) atoms. The maximum Gasteiger partial charge on any atom is 0.217 e. The molecule has 1 rings (SSSR count). The molecule has 0 saturated carbocycles. The zero-order valence-corrected chi connectivity index (χ0v) is 8.98. The van der Waals surface area contributed by atoms with Crippen molar-refractivity contribution in [3.05, 3.63) is 10.3 Å². The van der Waals surface area contributed by atoms with Crippen LogP contribution in [0.5, 0.6) is 0 Å². The highest BCUT2D eigenvalue weighted by atomic mass is 32.3. The molecule has 0 aromatic heterocycles. The molecule has 1 amide bonds. The molecule has 0 aromatic carbocycles. The highest BCUT2D eigenvalue weighted by Crippen LogP contribution is 2.20. The van der Waals surface area contributed by atoms with Crippen LogP contribution < -0.4 is 5.32 Å². The van der Waals surface area contributed by atoms with Crippen molar-refractivity contribution in [1.82, 2.24) is 5.32 Å². The first kappa shape index (κ1) is 11.2. The molecule has 80 valence electrons. The normalized spacial score (nSPS) is 22.8. The highest BCUT2D eigenvalue weighted by molar-refractivity contribution is 8.14. The van der Waals surface area contributed by atoms with Gasteiger partial charge in [-0.2, -0.15) is 0 Å². The Morgan fingerprint density at radius 2 is 2.00 bits per heavy atom. The van der Waals surface area contributed by atoms with Gasteiger partial charge in [0.25, 0.3) is 0 Å². The summed E-state index contributed by atoms with van der Waals surface area (Å²) in [5.41, 5.74) is 0. The van der Waals surface area contributed by atoms with Gasteiger partial charge in [0, 0.05) is 12.3 Å². The fraction of sp³-hybridized carbons (Fsp3) is 0.500. The maximum absolute atomic E-state index is 11.2. The summed E-state index contributed by atoms with van der Waals surface area (Å²) in [5.74, 6) is -0.412. The van der Waals surface area contributed by atoms with Crippen molar-refractivity contribution >= 4 is 25.6 Å². The minimum Gasteiger partial charge on any atom is -0.352 e. The molecule has 0 fully saturated rings. The van der Waals surface area contributed by atoms with E-state index in [2.05, 4.69) is 5.32 Å². The molecule has 0 aromatic rings. The van der Waals surface area contributed by atoms with E-state index >= 15 is 0 Å². The summed E-state index contributed by atoms with van der Waals surface area (Å²) in [6, 6.07) is 0. The van der Waals surface area contributed by atoms with E-state index in [0.29, 0.717) is 5.41 Å². The zero-order chi connectivity index (χ0) is 11.0. The van der Waals surface area contributed by atoms with Crippen molar-refractivity contribution in [3.8, 4) is 0 Å². The number of sulfone groups is 2. The molecule has 0 unspecified atom stereocenters. The second kappa shape index (κ2) is 3.35. The molecule has 8 heteroatoms. The van der Waals surface area contributed by atoms with Crippen LogP contribution in [0.1, 0.15) is 6.92 Å². The van der Waals surface area contributed by atoms with Crippen molar-refractivity contribution in [2.75, 3.05) is 11.6 Å². The predicted octanol–water partition coefficient (Wildman–Crippen LogP) is -1.24. The maximum atomic E-state index is 11.2. The number of hydrogen-bond donors (Lipinski definition) is 1. The third-order valence-electron chi connectivity index (χ3n) is 1.54. The van der Waals surface area contributed by atoms with Gasteiger partial charge in [0.2, 0.25) is 5.91 Å². The number of nitrogens with one attached hydrogen (secondary N) is 1. The molecule has 1 heterocycles. The van der Waals surface area contributed by atoms with Crippen LogP contribution >= 0.6 is 0 Å². The summed E-state index contributed by atoms with van der Waals surface area (Å²) in [7, 11) is -7.38. The van der Waals surface area contributed by atoms with Gasteiger partial charge in [-0.1, -0.05) is 0 Å². The Morgan fingerprint density at radius 1 is 1.43 bits per heavy atom. The fourth-order valence-electron chi connectivity index (χ4n) is 0.963. The Balaban J connectivity index is 2.93. The largest absolute Gasteiger partial charge is 0.352 e. The average Bonchev–Trinajstić information content (AvgIpc) is 2.14. The minimum absolute atomic E-state index is 0.257. The molecule has 6 nitrogen and oxygen atoms in total. The van der Waals surface area contributed by atoms with E-state index in [4.69, 9.17) is 0 Å². The zero-order valence-electron chi connectivity index (χ0n) is 7.35. The van der Waals surface area contributed by atoms with Crippen LogP contribution in [0.15, 0.2) is 10.3 Å². The lowest BCUT2D eigenvalue weighted by atomic mass is 10.6. The van der Waals surface area contributed by atoms with E-state index in [9.17, 15) is 21.6 Å². The molecule has 0 spiro atoms. The van der Waals surface area contributed by atoms with Gasteiger partial charge in [-0.15, -0.1) is 0 Å². The number of carbonyl (C=O) groups is 1. The number of amides is 1. The van der Waals surface area contributed by atoms with Crippen LogP contribution in [0, 0.1) is 0 Å². The Bertz CT molecular complexity index is 484. The van der Waals surface area contributed by atoms with Crippen LogP contribution in [0.4, 0.5) is 0 Å². The van der Waals surface area contributed by atoms with Crippen molar-refractivity contribution < 1.29 is 21.6 Å².